The Morgan fingerprint density at radius 1 is 1.08 bits per heavy atom. The van der Waals surface area contributed by atoms with Crippen LogP contribution in [0.5, 0.6) is 0 Å². The zero-order valence-electron chi connectivity index (χ0n) is 7.81. The molecule has 0 saturated carbocycles. The van der Waals surface area contributed by atoms with Gasteiger partial charge in [0.1, 0.15) is 0 Å². The van der Waals surface area contributed by atoms with Gasteiger partial charge in [-0.15, -0.1) is 0 Å². The second kappa shape index (κ2) is 5.51. The van der Waals surface area contributed by atoms with Crippen LogP contribution in [-0.2, 0) is 13.7 Å². The van der Waals surface area contributed by atoms with E-state index in [2.05, 4.69) is 19.7 Å². The van der Waals surface area contributed by atoms with Crippen LogP contribution >= 0.6 is 6.19 Å². The zero-order valence-corrected chi connectivity index (χ0v) is 10.4. The molecule has 0 amide bonds. The summed E-state index contributed by atoms with van der Waals surface area (Å²) in [5, 5.41) is 0. The molecule has 0 rings (SSSR count). The van der Waals surface area contributed by atoms with Gasteiger partial charge in [0, 0.05) is 0 Å². The van der Waals surface area contributed by atoms with Crippen LogP contribution in [-0.4, -0.2) is 27.3 Å². The van der Waals surface area contributed by atoms with Gasteiger partial charge in [-0.05, 0) is 0 Å². The maximum absolute atomic E-state index is 5.38. The van der Waals surface area contributed by atoms with Gasteiger partial charge >= 0.3 is 80.8 Å². The molecule has 0 fully saturated rings. The molecule has 0 spiro atoms. The van der Waals surface area contributed by atoms with Crippen LogP contribution in [0.3, 0.4) is 0 Å². The van der Waals surface area contributed by atoms with Gasteiger partial charge in [0.05, 0.1) is 0 Å². The summed E-state index contributed by atoms with van der Waals surface area (Å²) in [6.07, 6.45) is -2.35. The molecular formula is C6H16NO3PSe. The van der Waals surface area contributed by atoms with E-state index in [1.54, 1.807) is 0 Å². The predicted octanol–water partition coefficient (Wildman–Crippen LogP) is 1.57. The van der Waals surface area contributed by atoms with Crippen molar-refractivity contribution in [1.82, 2.24) is 0 Å². The molecule has 0 bridgehead atoms. The number of nitrogens with two attached hydrogens (primary N) is 1. The molecule has 2 N–H and O–H groups in total. The van der Waals surface area contributed by atoms with Crippen molar-refractivity contribution in [3.8, 4) is 0 Å². The molecular weight excluding hydrogens is 244 g/mol. The third-order valence-electron chi connectivity index (χ3n) is 0.809. The van der Waals surface area contributed by atoms with E-state index < -0.39 is 6.19 Å². The summed E-state index contributed by atoms with van der Waals surface area (Å²) in [7, 11) is 0. The van der Waals surface area contributed by atoms with E-state index >= 15 is 0 Å². The van der Waals surface area contributed by atoms with Gasteiger partial charge in [-0.2, -0.15) is 0 Å². The molecule has 0 aliphatic rings. The van der Waals surface area contributed by atoms with Gasteiger partial charge < -0.3 is 0 Å². The zero-order chi connectivity index (χ0) is 9.78. The van der Waals surface area contributed by atoms with Crippen molar-refractivity contribution in [2.75, 3.05) is 0 Å². The van der Waals surface area contributed by atoms with Crippen molar-refractivity contribution in [3.63, 3.8) is 0 Å². The summed E-state index contributed by atoms with van der Waals surface area (Å²) >= 11 is 2.72. The van der Waals surface area contributed by atoms with Gasteiger partial charge in [0.25, 0.3) is 0 Å². The van der Waals surface area contributed by atoms with Gasteiger partial charge in [-0.3, -0.25) is 0 Å². The van der Waals surface area contributed by atoms with Crippen LogP contribution < -0.4 is 5.90 Å². The summed E-state index contributed by atoms with van der Waals surface area (Å²) in [4.78, 5) is 0. The monoisotopic (exact) mass is 261 g/mol. The summed E-state index contributed by atoms with van der Waals surface area (Å²) in [6.45, 7) is 7.59. The van der Waals surface area contributed by atoms with Crippen LogP contribution in [0.2, 0.25) is 0 Å². The third-order valence-corrected chi connectivity index (χ3v) is 4.05. The molecule has 4 nitrogen and oxygen atoms in total. The van der Waals surface area contributed by atoms with Gasteiger partial charge in [0.15, 0.2) is 0 Å². The number of rotatable bonds is 5. The summed E-state index contributed by atoms with van der Waals surface area (Å²) < 4.78 is 15.4. The summed E-state index contributed by atoms with van der Waals surface area (Å²) in [5.74, 6) is 5.07. The SMILES string of the molecule is CC(C)OP(=[Se])(ON)OC(C)C. The molecule has 0 unspecified atom stereocenters. The Bertz CT molecular complexity index is 160. The topological polar surface area (TPSA) is 53.7 Å². The summed E-state index contributed by atoms with van der Waals surface area (Å²) in [6, 6.07) is 0. The van der Waals surface area contributed by atoms with Crippen molar-refractivity contribution < 1.29 is 13.7 Å². The van der Waals surface area contributed by atoms with Crippen LogP contribution in [0.25, 0.3) is 0 Å². The van der Waals surface area contributed by atoms with E-state index in [1.165, 1.54) is 0 Å². The fraction of sp³-hybridized carbons (Fsp3) is 1.00. The number of hydrogen-bond acceptors (Lipinski definition) is 4. The minimum atomic E-state index is -2.41. The molecule has 0 aliphatic heterocycles. The standard InChI is InChI=1S/C6H16NO3PSe/c1-5(2)8-11(12,10-7)9-6(3)4/h5-6H,7H2,1-4H3. The van der Waals surface area contributed by atoms with Crippen LogP contribution in [0.4, 0.5) is 0 Å². The van der Waals surface area contributed by atoms with E-state index in [0.717, 1.165) is 0 Å². The Balaban J connectivity index is 4.15. The quantitative estimate of drug-likeness (QED) is 0.463. The molecule has 0 aromatic carbocycles. The van der Waals surface area contributed by atoms with Crippen molar-refractivity contribution in [2.24, 2.45) is 5.90 Å². The predicted molar refractivity (Wildman–Crippen MR) is 50.4 cm³/mol. The second-order valence-corrected chi connectivity index (χ2v) is 7.20. The van der Waals surface area contributed by atoms with Crippen LogP contribution in [0.15, 0.2) is 0 Å². The fourth-order valence-corrected chi connectivity index (χ4v) is 3.94. The van der Waals surface area contributed by atoms with Gasteiger partial charge in [-0.1, -0.05) is 0 Å². The molecule has 0 radical (unpaired) electrons. The fourth-order valence-electron chi connectivity index (χ4n) is 0.591. The van der Waals surface area contributed by atoms with E-state index in [4.69, 9.17) is 14.9 Å². The first kappa shape index (κ1) is 12.8. The van der Waals surface area contributed by atoms with Crippen molar-refractivity contribution in [2.45, 2.75) is 39.9 Å². The first-order chi connectivity index (χ1) is 5.39. The second-order valence-electron chi connectivity index (χ2n) is 2.86. The normalized spacial score (nSPS) is 12.9. The molecule has 74 valence electrons. The molecule has 0 aromatic heterocycles. The van der Waals surface area contributed by atoms with Gasteiger partial charge in [-0.25, -0.2) is 0 Å². The van der Waals surface area contributed by atoms with Crippen LogP contribution in [0, 0.1) is 0 Å². The average Bonchev–Trinajstić information content (AvgIpc) is 1.83. The Labute approximate surface area is 81.2 Å². The van der Waals surface area contributed by atoms with Crippen LogP contribution in [0.1, 0.15) is 27.7 Å². The van der Waals surface area contributed by atoms with E-state index in [1.807, 2.05) is 27.7 Å². The third kappa shape index (κ3) is 5.44. The first-order valence-electron chi connectivity index (χ1n) is 3.75. The molecule has 0 atom stereocenters. The molecule has 0 saturated heterocycles. The molecule has 0 heterocycles. The van der Waals surface area contributed by atoms with E-state index in [9.17, 15) is 0 Å². The first-order valence-corrected chi connectivity index (χ1v) is 7.51. The Morgan fingerprint density at radius 3 is 1.58 bits per heavy atom. The molecule has 12 heavy (non-hydrogen) atoms. The van der Waals surface area contributed by atoms with Crippen molar-refractivity contribution >= 4 is 21.3 Å². The maximum atomic E-state index is 5.38. The average molecular weight is 260 g/mol. The summed E-state index contributed by atoms with van der Waals surface area (Å²) in [5.41, 5.74) is 0. The molecule has 0 aliphatic carbocycles. The Morgan fingerprint density at radius 2 is 1.42 bits per heavy atom. The Hall–Kier alpha value is 0.789. The van der Waals surface area contributed by atoms with Gasteiger partial charge in [0.2, 0.25) is 0 Å². The van der Waals surface area contributed by atoms with E-state index in [0.29, 0.717) is 0 Å². The Kier molecular flexibility index (Phi) is 5.87. The number of hydrogen-bond donors (Lipinski definition) is 1. The van der Waals surface area contributed by atoms with Crippen molar-refractivity contribution in [1.29, 1.82) is 0 Å². The molecule has 0 aromatic rings. The van der Waals surface area contributed by atoms with Crippen molar-refractivity contribution in [3.05, 3.63) is 0 Å². The molecule has 6 heteroatoms. The van der Waals surface area contributed by atoms with E-state index in [-0.39, 0.29) is 12.2 Å². The minimum absolute atomic E-state index is 0.0295.